The van der Waals surface area contributed by atoms with Crippen LogP contribution < -0.4 is 16.4 Å². The Balaban J connectivity index is 1.70. The molecule has 0 saturated carbocycles. The van der Waals surface area contributed by atoms with Crippen LogP contribution >= 0.6 is 22.9 Å². The number of aromatic nitrogens is 3. The van der Waals surface area contributed by atoms with Crippen LogP contribution in [0.3, 0.4) is 0 Å². The van der Waals surface area contributed by atoms with Gasteiger partial charge in [0, 0.05) is 16.6 Å². The molecule has 0 fully saturated rings. The molecule has 0 aliphatic rings. The van der Waals surface area contributed by atoms with Crippen molar-refractivity contribution in [3.8, 4) is 21.8 Å². The molecular formula is C24H21ClF2N6OS. The molecular weight excluding hydrogens is 494 g/mol. The van der Waals surface area contributed by atoms with Crippen molar-refractivity contribution in [1.82, 2.24) is 15.0 Å². The van der Waals surface area contributed by atoms with E-state index in [1.165, 1.54) is 41.8 Å². The Morgan fingerprint density at radius 1 is 1.00 bits per heavy atom. The van der Waals surface area contributed by atoms with E-state index in [0.717, 1.165) is 16.0 Å². The highest BCUT2D eigenvalue weighted by atomic mass is 35.5. The number of nitrogen functional groups attached to an aromatic ring is 1. The molecule has 0 aliphatic carbocycles. The molecule has 0 saturated heterocycles. The Labute approximate surface area is 209 Å². The van der Waals surface area contributed by atoms with Crippen molar-refractivity contribution in [1.29, 1.82) is 0 Å². The lowest BCUT2D eigenvalue weighted by Gasteiger charge is -2.13. The van der Waals surface area contributed by atoms with Gasteiger partial charge in [-0.15, -0.1) is 11.3 Å². The van der Waals surface area contributed by atoms with Gasteiger partial charge in [-0.05, 0) is 42.0 Å². The molecule has 0 spiro atoms. The molecule has 4 aromatic rings. The van der Waals surface area contributed by atoms with Crippen LogP contribution in [0.2, 0.25) is 5.02 Å². The maximum absolute atomic E-state index is 14.6. The van der Waals surface area contributed by atoms with Gasteiger partial charge in [-0.3, -0.25) is 0 Å². The molecule has 2 aromatic heterocycles. The maximum atomic E-state index is 14.6. The summed E-state index contributed by atoms with van der Waals surface area (Å²) in [6.07, 6.45) is 1.54. The fourth-order valence-electron chi connectivity index (χ4n) is 3.14. The first kappa shape index (κ1) is 24.5. The molecule has 0 atom stereocenters. The summed E-state index contributed by atoms with van der Waals surface area (Å²) in [5, 5.41) is 5.81. The van der Waals surface area contributed by atoms with Gasteiger partial charge in [-0.1, -0.05) is 38.4 Å². The van der Waals surface area contributed by atoms with Crippen LogP contribution in [-0.4, -0.2) is 21.0 Å². The Morgan fingerprint density at radius 2 is 1.74 bits per heavy atom. The number of urea groups is 1. The first-order valence-corrected chi connectivity index (χ1v) is 11.6. The topological polar surface area (TPSA) is 106 Å². The van der Waals surface area contributed by atoms with Crippen LogP contribution in [0.25, 0.3) is 21.8 Å². The summed E-state index contributed by atoms with van der Waals surface area (Å²) in [5.41, 5.74) is 7.04. The second-order valence-electron chi connectivity index (χ2n) is 8.64. The summed E-state index contributed by atoms with van der Waals surface area (Å²) >= 11 is 7.17. The zero-order valence-corrected chi connectivity index (χ0v) is 20.6. The van der Waals surface area contributed by atoms with E-state index in [4.69, 9.17) is 22.3 Å². The fourth-order valence-corrected chi connectivity index (χ4v) is 4.43. The molecule has 2 aromatic carbocycles. The number of carbonyl (C=O) groups excluding carboxylic acids is 1. The van der Waals surface area contributed by atoms with Gasteiger partial charge in [0.2, 0.25) is 5.95 Å². The monoisotopic (exact) mass is 514 g/mol. The molecule has 11 heteroatoms. The van der Waals surface area contributed by atoms with Crippen molar-refractivity contribution in [3.63, 3.8) is 0 Å². The number of rotatable bonds is 4. The number of hydrogen-bond donors (Lipinski definition) is 3. The average molecular weight is 515 g/mol. The molecule has 180 valence electrons. The zero-order chi connectivity index (χ0) is 25.3. The number of hydrogen-bond acceptors (Lipinski definition) is 6. The van der Waals surface area contributed by atoms with E-state index < -0.39 is 17.7 Å². The molecule has 2 heterocycles. The first-order chi connectivity index (χ1) is 16.5. The van der Waals surface area contributed by atoms with Gasteiger partial charge in [0.25, 0.3) is 0 Å². The van der Waals surface area contributed by atoms with Gasteiger partial charge in [-0.2, -0.15) is 0 Å². The average Bonchev–Trinajstić information content (AvgIpc) is 3.23. The van der Waals surface area contributed by atoms with E-state index in [1.807, 2.05) is 20.8 Å². The van der Waals surface area contributed by atoms with Crippen LogP contribution in [0.4, 0.5) is 30.9 Å². The number of benzene rings is 2. The van der Waals surface area contributed by atoms with Crippen molar-refractivity contribution < 1.29 is 13.6 Å². The van der Waals surface area contributed by atoms with Crippen LogP contribution in [0.1, 0.15) is 25.8 Å². The number of thiazole rings is 1. The van der Waals surface area contributed by atoms with Gasteiger partial charge in [0.1, 0.15) is 17.3 Å². The van der Waals surface area contributed by atoms with Gasteiger partial charge in [-0.25, -0.2) is 28.5 Å². The number of carbonyl (C=O) groups is 1. The quantitative estimate of drug-likeness (QED) is 0.280. The second-order valence-corrected chi connectivity index (χ2v) is 10.1. The summed E-state index contributed by atoms with van der Waals surface area (Å²) in [5.74, 6) is -1.27. The van der Waals surface area contributed by atoms with E-state index in [9.17, 15) is 13.6 Å². The highest BCUT2D eigenvalue weighted by Gasteiger charge is 2.24. The van der Waals surface area contributed by atoms with Crippen molar-refractivity contribution in [2.75, 3.05) is 16.4 Å². The third-order valence-electron chi connectivity index (χ3n) is 4.84. The summed E-state index contributed by atoms with van der Waals surface area (Å²) < 4.78 is 28.6. The van der Waals surface area contributed by atoms with E-state index in [2.05, 4.69) is 20.6 Å². The Bertz CT molecular complexity index is 1420. The number of nitrogens with zero attached hydrogens (tertiary/aromatic N) is 3. The molecule has 0 bridgehead atoms. The summed E-state index contributed by atoms with van der Waals surface area (Å²) in [6, 6.07) is 9.00. The molecule has 4 rings (SSSR count). The van der Waals surface area contributed by atoms with Gasteiger partial charge >= 0.3 is 6.03 Å². The van der Waals surface area contributed by atoms with Crippen LogP contribution in [0.5, 0.6) is 0 Å². The maximum Gasteiger partial charge on any atom is 0.323 e. The van der Waals surface area contributed by atoms with E-state index >= 15 is 0 Å². The van der Waals surface area contributed by atoms with Gasteiger partial charge in [0.15, 0.2) is 0 Å². The number of nitrogens with one attached hydrogen (secondary N) is 2. The van der Waals surface area contributed by atoms with E-state index in [1.54, 1.807) is 12.1 Å². The molecule has 7 nitrogen and oxygen atoms in total. The normalized spacial score (nSPS) is 11.4. The lowest BCUT2D eigenvalue weighted by Crippen LogP contribution is -2.20. The highest BCUT2D eigenvalue weighted by Crippen LogP contribution is 2.41. The smallest absolute Gasteiger partial charge is 0.323 e. The Morgan fingerprint density at radius 3 is 2.43 bits per heavy atom. The fraction of sp³-hybridized carbons (Fsp3) is 0.167. The first-order valence-electron chi connectivity index (χ1n) is 10.4. The Hall–Kier alpha value is -3.63. The predicted octanol–water partition coefficient (Wildman–Crippen LogP) is 6.72. The SMILES string of the molecule is CC(C)(C)c1nc(-c2ccnc(N)n2)c(-c2ccc(F)c(NC(=O)Nc3ccc(Cl)cc3F)c2)s1. The third-order valence-corrected chi connectivity index (χ3v) is 6.61. The van der Waals surface area contributed by atoms with Crippen molar-refractivity contribution >= 4 is 46.3 Å². The van der Waals surface area contributed by atoms with E-state index in [0.29, 0.717) is 17.0 Å². The Kier molecular flexibility index (Phi) is 6.68. The minimum atomic E-state index is -0.814. The lowest BCUT2D eigenvalue weighted by molar-refractivity contribution is 0.262. The van der Waals surface area contributed by atoms with Crippen molar-refractivity contribution in [2.24, 2.45) is 0 Å². The van der Waals surface area contributed by atoms with Crippen LogP contribution in [-0.2, 0) is 5.41 Å². The minimum absolute atomic E-state index is 0.0896. The number of amides is 2. The molecule has 0 unspecified atom stereocenters. The summed E-state index contributed by atoms with van der Waals surface area (Å²) in [4.78, 5) is 26.2. The standard InChI is InChI=1S/C24H21ClF2N6OS/c1-24(2,3)21-33-19(17-8-9-29-22(28)30-17)20(35-21)12-4-6-14(26)18(10-12)32-23(34)31-16-7-5-13(25)11-15(16)27/h4-11H,1-3H3,(H2,28,29,30)(H2,31,32,34). The lowest BCUT2D eigenvalue weighted by atomic mass is 9.98. The largest absolute Gasteiger partial charge is 0.368 e. The molecule has 35 heavy (non-hydrogen) atoms. The number of halogens is 3. The van der Waals surface area contributed by atoms with E-state index in [-0.39, 0.29) is 27.8 Å². The summed E-state index contributed by atoms with van der Waals surface area (Å²) in [7, 11) is 0. The zero-order valence-electron chi connectivity index (χ0n) is 19.0. The van der Waals surface area contributed by atoms with Gasteiger partial charge in [0.05, 0.1) is 27.0 Å². The molecule has 2 amide bonds. The molecule has 0 aliphatic heterocycles. The van der Waals surface area contributed by atoms with Crippen LogP contribution in [0, 0.1) is 11.6 Å². The van der Waals surface area contributed by atoms with Crippen LogP contribution in [0.15, 0.2) is 48.7 Å². The molecule has 0 radical (unpaired) electrons. The predicted molar refractivity (Wildman–Crippen MR) is 136 cm³/mol. The second kappa shape index (κ2) is 9.55. The number of nitrogens with two attached hydrogens (primary N) is 1. The highest BCUT2D eigenvalue weighted by molar-refractivity contribution is 7.15. The van der Waals surface area contributed by atoms with Gasteiger partial charge < -0.3 is 16.4 Å². The minimum Gasteiger partial charge on any atom is -0.368 e. The third kappa shape index (κ3) is 5.55. The number of anilines is 3. The van der Waals surface area contributed by atoms with Crippen molar-refractivity contribution in [2.45, 2.75) is 26.2 Å². The van der Waals surface area contributed by atoms with Crippen molar-refractivity contribution in [3.05, 3.63) is 70.3 Å². The molecule has 4 N–H and O–H groups in total. The summed E-state index contributed by atoms with van der Waals surface area (Å²) in [6.45, 7) is 6.10.